The number of ether oxygens (including phenoxy) is 1. The van der Waals surface area contributed by atoms with E-state index >= 15 is 0 Å². The number of hydrogen-bond acceptors (Lipinski definition) is 4. The summed E-state index contributed by atoms with van der Waals surface area (Å²) in [5, 5.41) is 14.7. The summed E-state index contributed by atoms with van der Waals surface area (Å²) >= 11 is 0. The van der Waals surface area contributed by atoms with Crippen molar-refractivity contribution in [3.05, 3.63) is 101 Å². The molecule has 0 fully saturated rings. The van der Waals surface area contributed by atoms with E-state index < -0.39 is 11.7 Å². The Morgan fingerprint density at radius 1 is 1.03 bits per heavy atom. The fourth-order valence-electron chi connectivity index (χ4n) is 2.96. The Morgan fingerprint density at radius 2 is 1.70 bits per heavy atom. The molecule has 0 radical (unpaired) electrons. The predicted molar refractivity (Wildman–Crippen MR) is 124 cm³/mol. The van der Waals surface area contributed by atoms with Gasteiger partial charge in [0, 0.05) is 5.69 Å². The van der Waals surface area contributed by atoms with Crippen molar-refractivity contribution in [2.45, 2.75) is 13.0 Å². The molecule has 0 aliphatic rings. The second kappa shape index (κ2) is 11.3. The summed E-state index contributed by atoms with van der Waals surface area (Å²) < 4.78 is 18.5. The van der Waals surface area contributed by atoms with E-state index in [9.17, 15) is 19.2 Å². The molecule has 0 spiro atoms. The molecule has 2 amide bonds. The number of benzene rings is 3. The Hall–Kier alpha value is -4.44. The molecule has 0 bridgehead atoms. The number of carbonyl (C=O) groups excluding carboxylic acids is 2. The normalized spacial score (nSPS) is 11.7. The van der Waals surface area contributed by atoms with E-state index in [0.29, 0.717) is 17.0 Å². The highest BCUT2D eigenvalue weighted by molar-refractivity contribution is 6.09. The lowest BCUT2D eigenvalue weighted by Gasteiger charge is -2.14. The van der Waals surface area contributed by atoms with Gasteiger partial charge in [0.1, 0.15) is 23.2 Å². The van der Waals surface area contributed by atoms with Crippen LogP contribution in [0.25, 0.3) is 6.08 Å². The highest BCUT2D eigenvalue weighted by Crippen LogP contribution is 2.16. The first-order valence-electron chi connectivity index (χ1n) is 10.2. The van der Waals surface area contributed by atoms with Crippen LogP contribution >= 0.6 is 0 Å². The van der Waals surface area contributed by atoms with Gasteiger partial charge in [-0.15, -0.1) is 0 Å². The van der Waals surface area contributed by atoms with Crippen LogP contribution < -0.4 is 15.4 Å². The minimum Gasteiger partial charge on any atom is -0.484 e. The Bertz CT molecular complexity index is 1170. The minimum absolute atomic E-state index is 0.109. The zero-order valence-corrected chi connectivity index (χ0v) is 17.9. The first-order chi connectivity index (χ1) is 15.9. The second-order valence-electron chi connectivity index (χ2n) is 7.19. The summed E-state index contributed by atoms with van der Waals surface area (Å²) in [6.45, 7) is 1.75. The van der Waals surface area contributed by atoms with E-state index in [-0.39, 0.29) is 24.1 Å². The monoisotopic (exact) mass is 443 g/mol. The van der Waals surface area contributed by atoms with Crippen LogP contribution in [0.2, 0.25) is 0 Å². The van der Waals surface area contributed by atoms with Gasteiger partial charge in [0.25, 0.3) is 11.8 Å². The molecule has 0 aliphatic carbocycles. The van der Waals surface area contributed by atoms with E-state index in [1.54, 1.807) is 24.3 Å². The average Bonchev–Trinajstić information content (AvgIpc) is 2.83. The minimum atomic E-state index is -0.603. The molecule has 0 saturated carbocycles. The van der Waals surface area contributed by atoms with Gasteiger partial charge < -0.3 is 15.4 Å². The zero-order valence-electron chi connectivity index (χ0n) is 17.9. The van der Waals surface area contributed by atoms with Crippen LogP contribution in [0.3, 0.4) is 0 Å². The molecular formula is C26H22FN3O3. The Balaban J connectivity index is 1.54. The number of nitrogens with zero attached hydrogens (tertiary/aromatic N) is 1. The molecular weight excluding hydrogens is 421 g/mol. The van der Waals surface area contributed by atoms with Gasteiger partial charge in [0.05, 0.1) is 6.04 Å². The maximum atomic E-state index is 13.0. The van der Waals surface area contributed by atoms with E-state index in [1.807, 2.05) is 43.3 Å². The number of hydrogen-bond donors (Lipinski definition) is 2. The van der Waals surface area contributed by atoms with Crippen LogP contribution in [0.1, 0.15) is 24.1 Å². The standard InChI is InChI=1S/C26H22FN3O3/c1-18(20-5-3-2-4-6-20)29-25(31)17-33-24-13-7-19(8-14-24)15-21(16-28)26(32)30-23-11-9-22(27)10-12-23/h2-15,18H,17H2,1H3,(H,29,31)(H,30,32)/b21-15+/t18-/m1/s1. The maximum Gasteiger partial charge on any atom is 0.266 e. The number of nitrogens with one attached hydrogen (secondary N) is 2. The molecule has 1 atom stereocenters. The number of carbonyl (C=O) groups is 2. The molecule has 0 unspecified atom stereocenters. The van der Waals surface area contributed by atoms with Crippen molar-refractivity contribution in [1.82, 2.24) is 5.32 Å². The lowest BCUT2D eigenvalue weighted by atomic mass is 10.1. The van der Waals surface area contributed by atoms with E-state index in [1.165, 1.54) is 30.3 Å². The van der Waals surface area contributed by atoms with Gasteiger partial charge in [-0.2, -0.15) is 5.26 Å². The van der Waals surface area contributed by atoms with Gasteiger partial charge in [0.15, 0.2) is 6.61 Å². The molecule has 3 aromatic carbocycles. The summed E-state index contributed by atoms with van der Waals surface area (Å²) in [7, 11) is 0. The van der Waals surface area contributed by atoms with Crippen molar-refractivity contribution in [1.29, 1.82) is 5.26 Å². The fourth-order valence-corrected chi connectivity index (χ4v) is 2.96. The first kappa shape index (κ1) is 23.2. The molecule has 6 nitrogen and oxygen atoms in total. The van der Waals surface area contributed by atoms with Crippen LogP contribution in [0, 0.1) is 17.1 Å². The molecule has 7 heteroatoms. The van der Waals surface area contributed by atoms with Crippen molar-refractivity contribution < 1.29 is 18.7 Å². The molecule has 0 saturated heterocycles. The van der Waals surface area contributed by atoms with Gasteiger partial charge in [-0.3, -0.25) is 9.59 Å². The number of amides is 2. The van der Waals surface area contributed by atoms with Gasteiger partial charge in [0.2, 0.25) is 0 Å². The topological polar surface area (TPSA) is 91.2 Å². The number of anilines is 1. The van der Waals surface area contributed by atoms with Crippen molar-refractivity contribution in [2.24, 2.45) is 0 Å². The summed E-state index contributed by atoms with van der Waals surface area (Å²) in [6.07, 6.45) is 1.43. The second-order valence-corrected chi connectivity index (χ2v) is 7.19. The lowest BCUT2D eigenvalue weighted by Crippen LogP contribution is -2.31. The third-order valence-electron chi connectivity index (χ3n) is 4.71. The number of nitriles is 1. The first-order valence-corrected chi connectivity index (χ1v) is 10.2. The van der Waals surface area contributed by atoms with Gasteiger partial charge in [-0.1, -0.05) is 42.5 Å². The molecule has 2 N–H and O–H groups in total. The Morgan fingerprint density at radius 3 is 2.33 bits per heavy atom. The van der Waals surface area contributed by atoms with E-state index in [2.05, 4.69) is 10.6 Å². The maximum absolute atomic E-state index is 13.0. The van der Waals surface area contributed by atoms with E-state index in [4.69, 9.17) is 4.74 Å². The zero-order chi connectivity index (χ0) is 23.6. The van der Waals surface area contributed by atoms with Gasteiger partial charge in [-0.05, 0) is 60.5 Å². The molecule has 0 aliphatic heterocycles. The summed E-state index contributed by atoms with van der Waals surface area (Å²) in [4.78, 5) is 24.5. The van der Waals surface area contributed by atoms with Crippen LogP contribution in [0.4, 0.5) is 10.1 Å². The smallest absolute Gasteiger partial charge is 0.266 e. The molecule has 166 valence electrons. The molecule has 0 aromatic heterocycles. The average molecular weight is 443 g/mol. The highest BCUT2D eigenvalue weighted by Gasteiger charge is 2.11. The van der Waals surface area contributed by atoms with Gasteiger partial charge >= 0.3 is 0 Å². The van der Waals surface area contributed by atoms with E-state index in [0.717, 1.165) is 5.56 Å². The van der Waals surface area contributed by atoms with Crippen molar-refractivity contribution >= 4 is 23.6 Å². The number of rotatable bonds is 8. The van der Waals surface area contributed by atoms with Gasteiger partial charge in [-0.25, -0.2) is 4.39 Å². The Labute approximate surface area is 191 Å². The summed E-state index contributed by atoms with van der Waals surface area (Å²) in [6, 6.07) is 23.2. The largest absolute Gasteiger partial charge is 0.484 e. The molecule has 3 rings (SSSR count). The SMILES string of the molecule is C[C@@H](NC(=O)COc1ccc(/C=C(\C#N)C(=O)Nc2ccc(F)cc2)cc1)c1ccccc1. The molecule has 3 aromatic rings. The Kier molecular flexibility index (Phi) is 7.92. The lowest BCUT2D eigenvalue weighted by molar-refractivity contribution is -0.123. The molecule has 0 heterocycles. The van der Waals surface area contributed by atoms with Crippen molar-refractivity contribution in [2.75, 3.05) is 11.9 Å². The van der Waals surface area contributed by atoms with Crippen molar-refractivity contribution in [3.8, 4) is 11.8 Å². The number of halogens is 1. The van der Waals surface area contributed by atoms with Crippen molar-refractivity contribution in [3.63, 3.8) is 0 Å². The fraction of sp³-hybridized carbons (Fsp3) is 0.115. The highest BCUT2D eigenvalue weighted by atomic mass is 19.1. The third kappa shape index (κ3) is 7.04. The predicted octanol–water partition coefficient (Wildman–Crippen LogP) is 4.63. The quantitative estimate of drug-likeness (QED) is 0.392. The van der Waals surface area contributed by atoms with Crippen LogP contribution in [-0.2, 0) is 9.59 Å². The van der Waals surface area contributed by atoms with Crippen LogP contribution in [0.15, 0.2) is 84.4 Å². The van der Waals surface area contributed by atoms with Crippen LogP contribution in [0.5, 0.6) is 5.75 Å². The summed E-state index contributed by atoms with van der Waals surface area (Å²) in [5.41, 5.74) is 1.88. The van der Waals surface area contributed by atoms with Crippen LogP contribution in [-0.4, -0.2) is 18.4 Å². The molecule has 33 heavy (non-hydrogen) atoms. The third-order valence-corrected chi connectivity index (χ3v) is 4.71. The summed E-state index contributed by atoms with van der Waals surface area (Å²) in [5.74, 6) is -0.799.